The first kappa shape index (κ1) is 16.3. The molecule has 1 fully saturated rings. The number of nitrogens with zero attached hydrogens (tertiary/aromatic N) is 3. The zero-order chi connectivity index (χ0) is 17.2. The monoisotopic (exact) mass is 372 g/mol. The molecule has 5 nitrogen and oxygen atoms in total. The van der Waals surface area contributed by atoms with Crippen molar-refractivity contribution in [2.45, 2.75) is 12.8 Å². The Bertz CT molecular complexity index is 903. The quantitative estimate of drug-likeness (QED) is 0.750. The van der Waals surface area contributed by atoms with Crippen LogP contribution in [0.4, 0.5) is 5.82 Å². The van der Waals surface area contributed by atoms with Crippen LogP contribution in [0.3, 0.4) is 0 Å². The molecule has 2 aromatic heterocycles. The van der Waals surface area contributed by atoms with E-state index < -0.39 is 0 Å². The van der Waals surface area contributed by atoms with Gasteiger partial charge in [0.15, 0.2) is 0 Å². The summed E-state index contributed by atoms with van der Waals surface area (Å²) in [5.41, 5.74) is 1.97. The maximum Gasteiger partial charge on any atom is 0.241 e. The van der Waals surface area contributed by atoms with Gasteiger partial charge in [-0.2, -0.15) is 0 Å². The van der Waals surface area contributed by atoms with Gasteiger partial charge in [-0.05, 0) is 36.6 Å². The van der Waals surface area contributed by atoms with Crippen LogP contribution in [0.2, 0.25) is 5.02 Å². The summed E-state index contributed by atoms with van der Waals surface area (Å²) in [6, 6.07) is 9.77. The summed E-state index contributed by atoms with van der Waals surface area (Å²) < 4.78 is 0.960. The van der Waals surface area contributed by atoms with Gasteiger partial charge >= 0.3 is 0 Å². The number of benzene rings is 1. The SMILES string of the molecule is O=C(CNc1ncnc2cc(-c3ccc(Cl)cc3)sc12)N1CCCC1. The number of likely N-dealkylation sites (tertiary alicyclic amines) is 1. The Kier molecular flexibility index (Phi) is 4.55. The van der Waals surface area contributed by atoms with Crippen molar-refractivity contribution in [2.24, 2.45) is 0 Å². The highest BCUT2D eigenvalue weighted by Gasteiger charge is 2.18. The van der Waals surface area contributed by atoms with Gasteiger partial charge in [0.05, 0.1) is 16.8 Å². The number of thiophene rings is 1. The van der Waals surface area contributed by atoms with E-state index in [2.05, 4.69) is 15.3 Å². The smallest absolute Gasteiger partial charge is 0.241 e. The van der Waals surface area contributed by atoms with E-state index in [9.17, 15) is 4.79 Å². The van der Waals surface area contributed by atoms with Gasteiger partial charge in [0.2, 0.25) is 5.91 Å². The number of halogens is 1. The van der Waals surface area contributed by atoms with Crippen LogP contribution < -0.4 is 5.32 Å². The number of amides is 1. The number of hydrogen-bond donors (Lipinski definition) is 1. The van der Waals surface area contributed by atoms with Gasteiger partial charge in [-0.25, -0.2) is 9.97 Å². The molecule has 0 bridgehead atoms. The standard InChI is InChI=1S/C18H17ClN4OS/c19-13-5-3-12(4-6-13)15-9-14-17(25-15)18(22-11-21-14)20-10-16(24)23-7-1-2-8-23/h3-6,9,11H,1-2,7-8,10H2,(H,20,21,22). The van der Waals surface area contributed by atoms with Gasteiger partial charge < -0.3 is 10.2 Å². The first-order valence-corrected chi connectivity index (χ1v) is 9.42. The molecule has 4 rings (SSSR count). The van der Waals surface area contributed by atoms with Gasteiger partial charge in [0.25, 0.3) is 0 Å². The highest BCUT2D eigenvalue weighted by molar-refractivity contribution is 7.22. The Balaban J connectivity index is 1.57. The number of fused-ring (bicyclic) bond motifs is 1. The van der Waals surface area contributed by atoms with E-state index in [1.807, 2.05) is 35.2 Å². The minimum absolute atomic E-state index is 0.124. The van der Waals surface area contributed by atoms with Crippen molar-refractivity contribution in [3.05, 3.63) is 41.7 Å². The van der Waals surface area contributed by atoms with Crippen molar-refractivity contribution in [3.63, 3.8) is 0 Å². The van der Waals surface area contributed by atoms with E-state index in [1.54, 1.807) is 11.3 Å². The van der Waals surface area contributed by atoms with E-state index in [1.165, 1.54) is 6.33 Å². The van der Waals surface area contributed by atoms with Crippen LogP contribution in [0.15, 0.2) is 36.7 Å². The van der Waals surface area contributed by atoms with Gasteiger partial charge in [-0.15, -0.1) is 11.3 Å². The highest BCUT2D eigenvalue weighted by atomic mass is 35.5. The molecule has 3 heterocycles. The van der Waals surface area contributed by atoms with Gasteiger partial charge in [0.1, 0.15) is 12.1 Å². The van der Waals surface area contributed by atoms with Crippen molar-refractivity contribution >= 4 is 44.9 Å². The summed E-state index contributed by atoms with van der Waals surface area (Å²) in [6.07, 6.45) is 3.72. The fourth-order valence-corrected chi connectivity index (χ4v) is 4.18. The number of carbonyl (C=O) groups is 1. The average Bonchev–Trinajstić information content (AvgIpc) is 3.30. The average molecular weight is 373 g/mol. The van der Waals surface area contributed by atoms with Crippen LogP contribution in [0.1, 0.15) is 12.8 Å². The molecular formula is C18H17ClN4OS. The minimum atomic E-state index is 0.124. The summed E-state index contributed by atoms with van der Waals surface area (Å²) in [5.74, 6) is 0.835. The molecule has 1 amide bonds. The minimum Gasteiger partial charge on any atom is -0.360 e. The molecule has 1 saturated heterocycles. The molecule has 0 unspecified atom stereocenters. The lowest BCUT2D eigenvalue weighted by Crippen LogP contribution is -2.33. The Morgan fingerprint density at radius 2 is 1.96 bits per heavy atom. The predicted molar refractivity (Wildman–Crippen MR) is 102 cm³/mol. The maximum absolute atomic E-state index is 12.2. The third-order valence-electron chi connectivity index (χ3n) is 4.31. The second-order valence-electron chi connectivity index (χ2n) is 6.00. The zero-order valence-electron chi connectivity index (χ0n) is 13.5. The largest absolute Gasteiger partial charge is 0.360 e. The topological polar surface area (TPSA) is 58.1 Å². The molecule has 0 radical (unpaired) electrons. The van der Waals surface area contributed by atoms with Gasteiger partial charge in [0, 0.05) is 23.0 Å². The molecule has 0 atom stereocenters. The van der Waals surface area contributed by atoms with Gasteiger partial charge in [-0.3, -0.25) is 4.79 Å². The second-order valence-corrected chi connectivity index (χ2v) is 7.48. The summed E-state index contributed by atoms with van der Waals surface area (Å²) in [4.78, 5) is 23.9. The maximum atomic E-state index is 12.2. The lowest BCUT2D eigenvalue weighted by Gasteiger charge is -2.15. The molecule has 1 aromatic carbocycles. The first-order valence-electron chi connectivity index (χ1n) is 8.23. The molecule has 128 valence electrons. The predicted octanol–water partition coefficient (Wildman–Crippen LogP) is 4.05. The molecule has 25 heavy (non-hydrogen) atoms. The summed E-state index contributed by atoms with van der Waals surface area (Å²) in [6.45, 7) is 1.99. The Morgan fingerprint density at radius 3 is 2.72 bits per heavy atom. The normalized spacial score (nSPS) is 14.2. The lowest BCUT2D eigenvalue weighted by atomic mass is 10.2. The number of rotatable bonds is 4. The molecule has 0 saturated carbocycles. The summed E-state index contributed by atoms with van der Waals surface area (Å²) in [5, 5.41) is 3.90. The van der Waals surface area contributed by atoms with E-state index in [4.69, 9.17) is 11.6 Å². The van der Waals surface area contributed by atoms with Gasteiger partial charge in [-0.1, -0.05) is 23.7 Å². The third kappa shape index (κ3) is 3.45. The van der Waals surface area contributed by atoms with Crippen molar-refractivity contribution in [3.8, 4) is 10.4 Å². The van der Waals surface area contributed by atoms with Crippen LogP contribution in [0, 0.1) is 0 Å². The molecule has 1 aliphatic heterocycles. The second kappa shape index (κ2) is 6.98. The van der Waals surface area contributed by atoms with Crippen LogP contribution in [0.5, 0.6) is 0 Å². The van der Waals surface area contributed by atoms with Crippen molar-refractivity contribution in [2.75, 3.05) is 25.0 Å². The molecule has 7 heteroatoms. The third-order valence-corrected chi connectivity index (χ3v) is 5.74. The number of aromatic nitrogens is 2. The fourth-order valence-electron chi connectivity index (χ4n) is 2.97. The summed E-state index contributed by atoms with van der Waals surface area (Å²) in [7, 11) is 0. The molecule has 0 aliphatic carbocycles. The lowest BCUT2D eigenvalue weighted by molar-refractivity contribution is -0.128. The summed E-state index contributed by atoms with van der Waals surface area (Å²) >= 11 is 7.57. The Labute approximate surface area is 154 Å². The van der Waals surface area contributed by atoms with Crippen molar-refractivity contribution in [1.82, 2.24) is 14.9 Å². The fraction of sp³-hybridized carbons (Fsp3) is 0.278. The van der Waals surface area contributed by atoms with Crippen molar-refractivity contribution < 1.29 is 4.79 Å². The Morgan fingerprint density at radius 1 is 1.20 bits per heavy atom. The van der Waals surface area contributed by atoms with E-state index in [0.717, 1.165) is 46.6 Å². The molecular weight excluding hydrogens is 356 g/mol. The number of nitrogens with one attached hydrogen (secondary N) is 1. The van der Waals surface area contributed by atoms with Crippen LogP contribution in [0.25, 0.3) is 20.7 Å². The zero-order valence-corrected chi connectivity index (χ0v) is 15.1. The molecule has 1 aliphatic rings. The van der Waals surface area contributed by atoms with E-state index in [-0.39, 0.29) is 12.5 Å². The first-order chi connectivity index (χ1) is 12.2. The van der Waals surface area contributed by atoms with E-state index in [0.29, 0.717) is 10.8 Å². The van der Waals surface area contributed by atoms with Crippen LogP contribution in [-0.2, 0) is 4.79 Å². The molecule has 1 N–H and O–H groups in total. The number of carbonyl (C=O) groups excluding carboxylic acids is 1. The Hall–Kier alpha value is -2.18. The highest BCUT2D eigenvalue weighted by Crippen LogP contribution is 2.35. The van der Waals surface area contributed by atoms with Crippen molar-refractivity contribution in [1.29, 1.82) is 0 Å². The number of hydrogen-bond acceptors (Lipinski definition) is 5. The van der Waals surface area contributed by atoms with Crippen LogP contribution >= 0.6 is 22.9 Å². The molecule has 0 spiro atoms. The van der Waals surface area contributed by atoms with E-state index >= 15 is 0 Å². The van der Waals surface area contributed by atoms with Crippen LogP contribution in [-0.4, -0.2) is 40.4 Å². The number of anilines is 1. The molecule has 3 aromatic rings.